The molecule has 0 amide bonds. The molecule has 0 saturated heterocycles. The summed E-state index contributed by atoms with van der Waals surface area (Å²) in [7, 11) is 0. The van der Waals surface area contributed by atoms with Crippen molar-refractivity contribution in [2.75, 3.05) is 0 Å². The molecule has 0 atom stereocenters. The monoisotopic (exact) mass is 363 g/mol. The van der Waals surface area contributed by atoms with E-state index in [0.29, 0.717) is 0 Å². The quantitative estimate of drug-likeness (QED) is 0.192. The third kappa shape index (κ3) is 10.4. The third-order valence-corrected chi connectivity index (χ3v) is 5.60. The Morgan fingerprint density at radius 3 is 1.85 bits per heavy atom. The summed E-state index contributed by atoms with van der Waals surface area (Å²) in [5.41, 5.74) is 0. The van der Waals surface area contributed by atoms with Crippen LogP contribution in [0.15, 0.2) is 12.4 Å². The van der Waals surface area contributed by atoms with Crippen LogP contribution in [-0.2, 0) is 19.5 Å². The lowest BCUT2D eigenvalue weighted by Crippen LogP contribution is -2.37. The largest absolute Gasteiger partial charge is 0.256 e. The van der Waals surface area contributed by atoms with Gasteiger partial charge in [0.05, 0.1) is 13.1 Å². The van der Waals surface area contributed by atoms with E-state index in [-0.39, 0.29) is 0 Å². The van der Waals surface area contributed by atoms with Crippen molar-refractivity contribution in [3.8, 4) is 0 Å². The van der Waals surface area contributed by atoms with Crippen LogP contribution in [0.2, 0.25) is 0 Å². The first-order valence-corrected chi connectivity index (χ1v) is 11.9. The second kappa shape index (κ2) is 16.4. The molecule has 1 heterocycles. The highest BCUT2D eigenvalue weighted by Gasteiger charge is 2.16. The molecule has 1 rings (SSSR count). The van der Waals surface area contributed by atoms with E-state index in [9.17, 15) is 0 Å². The highest BCUT2D eigenvalue weighted by molar-refractivity contribution is 4.84. The molecular formula is C24H47N2+. The number of nitrogens with zero attached hydrogens (tertiary/aromatic N) is 2. The first-order chi connectivity index (χ1) is 12.8. The Morgan fingerprint density at radius 2 is 1.19 bits per heavy atom. The predicted molar refractivity (Wildman–Crippen MR) is 115 cm³/mol. The Morgan fingerprint density at radius 1 is 0.654 bits per heavy atom. The van der Waals surface area contributed by atoms with E-state index in [1.807, 2.05) is 0 Å². The summed E-state index contributed by atoms with van der Waals surface area (Å²) in [6.45, 7) is 9.33. The molecule has 152 valence electrons. The second-order valence-electron chi connectivity index (χ2n) is 8.09. The van der Waals surface area contributed by atoms with Gasteiger partial charge in [0.15, 0.2) is 0 Å². The topological polar surface area (TPSA) is 8.81 Å². The minimum atomic E-state index is 1.21. The molecule has 0 N–H and O–H groups in total. The van der Waals surface area contributed by atoms with E-state index in [1.54, 1.807) is 5.82 Å². The van der Waals surface area contributed by atoms with Crippen LogP contribution in [0.5, 0.6) is 0 Å². The highest BCUT2D eigenvalue weighted by atomic mass is 15.1. The summed E-state index contributed by atoms with van der Waals surface area (Å²) in [6, 6.07) is 0. The van der Waals surface area contributed by atoms with Gasteiger partial charge in [0.1, 0.15) is 12.4 Å². The van der Waals surface area contributed by atoms with Crippen LogP contribution in [0.1, 0.15) is 123 Å². The van der Waals surface area contributed by atoms with E-state index in [0.717, 1.165) is 0 Å². The average Bonchev–Trinajstić information content (AvgIpc) is 3.03. The SMILES string of the molecule is CCCCCCCCCCn1cc[n+](CCCCCC)c1CCCCC. The lowest BCUT2D eigenvalue weighted by atomic mass is 10.1. The van der Waals surface area contributed by atoms with Crippen LogP contribution in [0, 0.1) is 0 Å². The number of unbranched alkanes of at least 4 members (excludes halogenated alkanes) is 12. The van der Waals surface area contributed by atoms with Crippen molar-refractivity contribution in [3.63, 3.8) is 0 Å². The van der Waals surface area contributed by atoms with E-state index in [1.165, 1.54) is 116 Å². The summed E-state index contributed by atoms with van der Waals surface area (Å²) in [5.74, 6) is 1.58. The highest BCUT2D eigenvalue weighted by Crippen LogP contribution is 2.11. The van der Waals surface area contributed by atoms with Gasteiger partial charge in [0, 0.05) is 6.42 Å². The van der Waals surface area contributed by atoms with Crippen molar-refractivity contribution in [3.05, 3.63) is 18.2 Å². The van der Waals surface area contributed by atoms with Gasteiger partial charge in [0.25, 0.3) is 5.82 Å². The van der Waals surface area contributed by atoms with E-state index in [2.05, 4.69) is 42.3 Å². The molecule has 0 aliphatic heterocycles. The van der Waals surface area contributed by atoms with Crippen LogP contribution in [0.25, 0.3) is 0 Å². The van der Waals surface area contributed by atoms with Gasteiger partial charge in [0.2, 0.25) is 0 Å². The van der Waals surface area contributed by atoms with E-state index >= 15 is 0 Å². The first-order valence-electron chi connectivity index (χ1n) is 11.9. The number of aryl methyl sites for hydroxylation is 2. The van der Waals surface area contributed by atoms with Gasteiger partial charge in [-0.2, -0.15) is 0 Å². The van der Waals surface area contributed by atoms with Crippen LogP contribution in [0.3, 0.4) is 0 Å². The van der Waals surface area contributed by atoms with Crippen LogP contribution in [0.4, 0.5) is 0 Å². The molecule has 2 nitrogen and oxygen atoms in total. The Kier molecular flexibility index (Phi) is 14.7. The van der Waals surface area contributed by atoms with Crippen LogP contribution in [-0.4, -0.2) is 4.57 Å². The second-order valence-corrected chi connectivity index (χ2v) is 8.09. The molecule has 0 aliphatic carbocycles. The van der Waals surface area contributed by atoms with Gasteiger partial charge in [-0.3, -0.25) is 0 Å². The maximum absolute atomic E-state index is 2.56. The molecule has 0 saturated carbocycles. The zero-order valence-electron chi connectivity index (χ0n) is 18.3. The zero-order valence-corrected chi connectivity index (χ0v) is 18.3. The average molecular weight is 364 g/mol. The van der Waals surface area contributed by atoms with Crippen LogP contribution < -0.4 is 4.57 Å². The molecule has 1 aromatic heterocycles. The Balaban J connectivity index is 2.37. The molecule has 2 heteroatoms. The van der Waals surface area contributed by atoms with Gasteiger partial charge in [-0.1, -0.05) is 85.0 Å². The summed E-state index contributed by atoms with van der Waals surface area (Å²) in [6.07, 6.45) is 26.6. The zero-order chi connectivity index (χ0) is 18.9. The number of aromatic nitrogens is 2. The molecule has 0 aliphatic rings. The first kappa shape index (κ1) is 23.2. The summed E-state index contributed by atoms with van der Waals surface area (Å²) < 4.78 is 5.11. The normalized spacial score (nSPS) is 11.3. The number of hydrogen-bond donors (Lipinski definition) is 0. The van der Waals surface area contributed by atoms with Gasteiger partial charge in [-0.15, -0.1) is 0 Å². The smallest absolute Gasteiger partial charge is 0.234 e. The van der Waals surface area contributed by atoms with E-state index < -0.39 is 0 Å². The van der Waals surface area contributed by atoms with Crippen LogP contribution >= 0.6 is 0 Å². The van der Waals surface area contributed by atoms with Crippen molar-refractivity contribution in [1.29, 1.82) is 0 Å². The van der Waals surface area contributed by atoms with Crippen molar-refractivity contribution in [1.82, 2.24) is 4.57 Å². The summed E-state index contributed by atoms with van der Waals surface area (Å²) in [4.78, 5) is 0. The van der Waals surface area contributed by atoms with Gasteiger partial charge >= 0.3 is 0 Å². The summed E-state index contributed by atoms with van der Waals surface area (Å²) in [5, 5.41) is 0. The number of rotatable bonds is 18. The minimum Gasteiger partial charge on any atom is -0.234 e. The Hall–Kier alpha value is -0.790. The van der Waals surface area contributed by atoms with Crippen molar-refractivity contribution < 1.29 is 4.57 Å². The minimum absolute atomic E-state index is 1.21. The van der Waals surface area contributed by atoms with E-state index in [4.69, 9.17) is 0 Å². The standard InChI is InChI=1S/C24H47N2/c1-4-7-10-12-13-14-15-18-21-26-23-22-25(20-17-11-8-5-2)24(26)19-16-9-6-3/h22-23H,4-21H2,1-3H3/q+1. The third-order valence-electron chi connectivity index (χ3n) is 5.60. The molecule has 0 aromatic carbocycles. The molecule has 0 radical (unpaired) electrons. The molecule has 1 aromatic rings. The molecule has 0 fully saturated rings. The lowest BCUT2D eigenvalue weighted by Gasteiger charge is -2.06. The molecule has 0 unspecified atom stereocenters. The van der Waals surface area contributed by atoms with Gasteiger partial charge in [-0.05, 0) is 32.1 Å². The van der Waals surface area contributed by atoms with Crippen molar-refractivity contribution >= 4 is 0 Å². The van der Waals surface area contributed by atoms with Crippen molar-refractivity contribution in [2.24, 2.45) is 0 Å². The van der Waals surface area contributed by atoms with Crippen molar-refractivity contribution in [2.45, 2.75) is 137 Å². The molecular weight excluding hydrogens is 316 g/mol. The lowest BCUT2D eigenvalue weighted by molar-refractivity contribution is -0.704. The fourth-order valence-electron chi connectivity index (χ4n) is 3.85. The number of hydrogen-bond acceptors (Lipinski definition) is 0. The predicted octanol–water partition coefficient (Wildman–Crippen LogP) is 7.23. The van der Waals surface area contributed by atoms with Gasteiger partial charge < -0.3 is 0 Å². The fourth-order valence-corrected chi connectivity index (χ4v) is 3.85. The molecule has 26 heavy (non-hydrogen) atoms. The fraction of sp³-hybridized carbons (Fsp3) is 0.875. The molecule has 0 bridgehead atoms. The van der Waals surface area contributed by atoms with Gasteiger partial charge in [-0.25, -0.2) is 9.13 Å². The molecule has 0 spiro atoms. The Bertz CT molecular complexity index is 422. The maximum Gasteiger partial charge on any atom is 0.256 e. The number of imidazole rings is 1. The Labute approximate surface area is 164 Å². The summed E-state index contributed by atoms with van der Waals surface area (Å²) >= 11 is 0. The maximum atomic E-state index is 2.56.